The number of ether oxygens (including phenoxy) is 1. The summed E-state index contributed by atoms with van der Waals surface area (Å²) in [4.78, 5) is 4.49. The minimum Gasteiger partial charge on any atom is -0.380 e. The van der Waals surface area contributed by atoms with Gasteiger partial charge in [-0.2, -0.15) is 0 Å². The van der Waals surface area contributed by atoms with E-state index in [9.17, 15) is 0 Å². The van der Waals surface area contributed by atoms with E-state index in [4.69, 9.17) is 4.74 Å². The summed E-state index contributed by atoms with van der Waals surface area (Å²) in [6, 6.07) is 8.23. The Morgan fingerprint density at radius 2 is 2.27 bits per heavy atom. The molecule has 0 saturated heterocycles. The van der Waals surface area contributed by atoms with Gasteiger partial charge in [-0.1, -0.05) is 24.3 Å². The normalized spacial score (nSPS) is 15.7. The Morgan fingerprint density at radius 3 is 3.00 bits per heavy atom. The van der Waals surface area contributed by atoms with Crippen molar-refractivity contribution < 1.29 is 4.74 Å². The van der Waals surface area contributed by atoms with Crippen LogP contribution in [-0.2, 0) is 11.3 Å². The summed E-state index contributed by atoms with van der Waals surface area (Å²) in [5, 5.41) is 3.33. The lowest BCUT2D eigenvalue weighted by atomic mass is 10.1. The SMILES string of the molecule is COCc1ccccc1C1=NCCCN1. The molecule has 0 aliphatic carbocycles. The van der Waals surface area contributed by atoms with Crippen LogP contribution in [0.1, 0.15) is 17.5 Å². The summed E-state index contributed by atoms with van der Waals surface area (Å²) < 4.78 is 5.18. The number of methoxy groups -OCH3 is 1. The quantitative estimate of drug-likeness (QED) is 0.811. The van der Waals surface area contributed by atoms with Crippen molar-refractivity contribution in [2.24, 2.45) is 4.99 Å². The number of hydrogen-bond acceptors (Lipinski definition) is 3. The number of nitrogens with one attached hydrogen (secondary N) is 1. The second kappa shape index (κ2) is 4.94. The predicted octanol–water partition coefficient (Wildman–Crippen LogP) is 1.57. The van der Waals surface area contributed by atoms with E-state index in [1.807, 2.05) is 12.1 Å². The number of amidine groups is 1. The van der Waals surface area contributed by atoms with Gasteiger partial charge in [-0.15, -0.1) is 0 Å². The highest BCUT2D eigenvalue weighted by molar-refractivity contribution is 6.00. The molecule has 1 aromatic rings. The van der Waals surface area contributed by atoms with Gasteiger partial charge in [-0.3, -0.25) is 4.99 Å². The first-order valence-electron chi connectivity index (χ1n) is 5.27. The van der Waals surface area contributed by atoms with Crippen LogP contribution >= 0.6 is 0 Å². The van der Waals surface area contributed by atoms with Crippen LogP contribution in [0.25, 0.3) is 0 Å². The highest BCUT2D eigenvalue weighted by Crippen LogP contribution is 2.11. The minimum atomic E-state index is 0.636. The molecule has 2 rings (SSSR count). The molecule has 0 bridgehead atoms. The summed E-state index contributed by atoms with van der Waals surface area (Å²) >= 11 is 0. The molecular formula is C12H16N2O. The molecule has 0 radical (unpaired) electrons. The van der Waals surface area contributed by atoms with Gasteiger partial charge in [-0.05, 0) is 12.0 Å². The van der Waals surface area contributed by atoms with Crippen LogP contribution in [0.15, 0.2) is 29.3 Å². The van der Waals surface area contributed by atoms with Gasteiger partial charge in [0.1, 0.15) is 5.84 Å². The standard InChI is InChI=1S/C12H16N2O/c1-15-9-10-5-2-3-6-11(10)12-13-7-4-8-14-12/h2-3,5-6H,4,7-9H2,1H3,(H,13,14). The van der Waals surface area contributed by atoms with E-state index in [0.29, 0.717) is 6.61 Å². The van der Waals surface area contributed by atoms with E-state index < -0.39 is 0 Å². The molecule has 3 heteroatoms. The third-order valence-corrected chi connectivity index (χ3v) is 2.47. The van der Waals surface area contributed by atoms with E-state index >= 15 is 0 Å². The lowest BCUT2D eigenvalue weighted by molar-refractivity contribution is 0.184. The van der Waals surface area contributed by atoms with Crippen molar-refractivity contribution >= 4 is 5.84 Å². The van der Waals surface area contributed by atoms with Crippen molar-refractivity contribution in [2.45, 2.75) is 13.0 Å². The summed E-state index contributed by atoms with van der Waals surface area (Å²) in [5.74, 6) is 1.01. The van der Waals surface area contributed by atoms with Crippen molar-refractivity contribution in [1.29, 1.82) is 0 Å². The first-order valence-corrected chi connectivity index (χ1v) is 5.27. The smallest absolute Gasteiger partial charge is 0.128 e. The Bertz CT molecular complexity index is 360. The van der Waals surface area contributed by atoms with Crippen LogP contribution in [-0.4, -0.2) is 26.0 Å². The molecule has 0 atom stereocenters. The first-order chi connectivity index (χ1) is 7.42. The Morgan fingerprint density at radius 1 is 1.40 bits per heavy atom. The molecule has 1 aliphatic heterocycles. The Hall–Kier alpha value is -1.35. The molecule has 0 unspecified atom stereocenters. The van der Waals surface area contributed by atoms with Crippen molar-refractivity contribution in [3.8, 4) is 0 Å². The fraction of sp³-hybridized carbons (Fsp3) is 0.417. The third-order valence-electron chi connectivity index (χ3n) is 2.47. The summed E-state index contributed by atoms with van der Waals surface area (Å²) in [6.07, 6.45) is 1.12. The van der Waals surface area contributed by atoms with Crippen molar-refractivity contribution in [2.75, 3.05) is 20.2 Å². The van der Waals surface area contributed by atoms with Gasteiger partial charge in [0.25, 0.3) is 0 Å². The third kappa shape index (κ3) is 2.36. The highest BCUT2D eigenvalue weighted by atomic mass is 16.5. The summed E-state index contributed by atoms with van der Waals surface area (Å²) in [6.45, 7) is 2.57. The monoisotopic (exact) mass is 204 g/mol. The van der Waals surface area contributed by atoms with E-state index in [1.165, 1.54) is 11.1 Å². The van der Waals surface area contributed by atoms with Gasteiger partial charge < -0.3 is 10.1 Å². The number of benzene rings is 1. The molecule has 1 aromatic carbocycles. The topological polar surface area (TPSA) is 33.6 Å². The van der Waals surface area contributed by atoms with Crippen LogP contribution in [0.3, 0.4) is 0 Å². The van der Waals surface area contributed by atoms with E-state index in [1.54, 1.807) is 7.11 Å². The molecule has 0 aromatic heterocycles. The molecule has 0 spiro atoms. The van der Waals surface area contributed by atoms with Gasteiger partial charge in [0.2, 0.25) is 0 Å². The Balaban J connectivity index is 2.29. The van der Waals surface area contributed by atoms with Gasteiger partial charge in [-0.25, -0.2) is 0 Å². The van der Waals surface area contributed by atoms with Gasteiger partial charge >= 0.3 is 0 Å². The molecule has 0 fully saturated rings. The molecule has 1 heterocycles. The highest BCUT2D eigenvalue weighted by Gasteiger charge is 2.10. The predicted molar refractivity (Wildman–Crippen MR) is 61.2 cm³/mol. The number of aliphatic imine (C=N–C) groups is 1. The fourth-order valence-corrected chi connectivity index (χ4v) is 1.75. The van der Waals surface area contributed by atoms with Crippen molar-refractivity contribution in [1.82, 2.24) is 5.32 Å². The molecular weight excluding hydrogens is 188 g/mol. The average Bonchev–Trinajstić information content (AvgIpc) is 2.31. The molecule has 0 amide bonds. The zero-order valence-corrected chi connectivity index (χ0v) is 8.99. The number of rotatable bonds is 3. The van der Waals surface area contributed by atoms with Gasteiger partial charge in [0, 0.05) is 25.8 Å². The first kappa shape index (κ1) is 10.2. The molecule has 15 heavy (non-hydrogen) atoms. The second-order valence-corrected chi connectivity index (χ2v) is 3.60. The lowest BCUT2D eigenvalue weighted by Gasteiger charge is -2.17. The van der Waals surface area contributed by atoms with Crippen LogP contribution < -0.4 is 5.32 Å². The molecule has 3 nitrogen and oxygen atoms in total. The minimum absolute atomic E-state index is 0.636. The number of hydrogen-bond donors (Lipinski definition) is 1. The van der Waals surface area contributed by atoms with Gasteiger partial charge in [0.15, 0.2) is 0 Å². The zero-order chi connectivity index (χ0) is 10.5. The van der Waals surface area contributed by atoms with Crippen LogP contribution in [0.4, 0.5) is 0 Å². The van der Waals surface area contributed by atoms with Crippen LogP contribution in [0, 0.1) is 0 Å². The summed E-state index contributed by atoms with van der Waals surface area (Å²) in [5.41, 5.74) is 2.35. The largest absolute Gasteiger partial charge is 0.380 e. The fourth-order valence-electron chi connectivity index (χ4n) is 1.75. The van der Waals surface area contributed by atoms with Crippen LogP contribution in [0.5, 0.6) is 0 Å². The molecule has 1 aliphatic rings. The Labute approximate surface area is 90.2 Å². The number of nitrogens with zero attached hydrogens (tertiary/aromatic N) is 1. The maximum absolute atomic E-state index is 5.18. The average molecular weight is 204 g/mol. The Kier molecular flexibility index (Phi) is 3.35. The van der Waals surface area contributed by atoms with E-state index in [2.05, 4.69) is 22.4 Å². The second-order valence-electron chi connectivity index (χ2n) is 3.60. The summed E-state index contributed by atoms with van der Waals surface area (Å²) in [7, 11) is 1.72. The zero-order valence-electron chi connectivity index (χ0n) is 8.99. The van der Waals surface area contributed by atoms with E-state index in [0.717, 1.165) is 25.3 Å². The van der Waals surface area contributed by atoms with Crippen LogP contribution in [0.2, 0.25) is 0 Å². The maximum Gasteiger partial charge on any atom is 0.128 e. The van der Waals surface area contributed by atoms with Crippen molar-refractivity contribution in [3.05, 3.63) is 35.4 Å². The van der Waals surface area contributed by atoms with Gasteiger partial charge in [0.05, 0.1) is 6.61 Å². The molecule has 80 valence electrons. The van der Waals surface area contributed by atoms with Crippen molar-refractivity contribution in [3.63, 3.8) is 0 Å². The van der Waals surface area contributed by atoms with E-state index in [-0.39, 0.29) is 0 Å². The lowest BCUT2D eigenvalue weighted by Crippen LogP contribution is -2.31. The molecule has 1 N–H and O–H groups in total. The maximum atomic E-state index is 5.18. The molecule has 0 saturated carbocycles.